The smallest absolute Gasteiger partial charge is 0.330 e. The van der Waals surface area contributed by atoms with E-state index < -0.39 is 6.04 Å². The third-order valence-electron chi connectivity index (χ3n) is 3.08. The average molecular weight is 298 g/mol. The number of amides is 1. The first-order chi connectivity index (χ1) is 9.67. The Balaban J connectivity index is 2.14. The van der Waals surface area contributed by atoms with Gasteiger partial charge >= 0.3 is 5.97 Å². The van der Waals surface area contributed by atoms with Crippen molar-refractivity contribution in [2.24, 2.45) is 0 Å². The molecule has 1 aliphatic rings. The van der Waals surface area contributed by atoms with E-state index in [0.717, 1.165) is 0 Å². The fourth-order valence-corrected chi connectivity index (χ4v) is 2.89. The van der Waals surface area contributed by atoms with Gasteiger partial charge in [-0.25, -0.2) is 4.79 Å². The van der Waals surface area contributed by atoms with Crippen molar-refractivity contribution in [1.82, 2.24) is 10.2 Å². The van der Waals surface area contributed by atoms with Crippen molar-refractivity contribution >= 4 is 23.2 Å². The first kappa shape index (κ1) is 14.8. The molecule has 1 aromatic rings. The van der Waals surface area contributed by atoms with E-state index in [9.17, 15) is 9.59 Å². The molecule has 2 rings (SSSR count). The first-order valence-electron chi connectivity index (χ1n) is 6.48. The number of nitrogens with zero attached hydrogens (tertiary/aromatic N) is 1. The van der Waals surface area contributed by atoms with Gasteiger partial charge in [-0.15, -0.1) is 11.3 Å². The van der Waals surface area contributed by atoms with E-state index in [2.05, 4.69) is 5.32 Å². The maximum atomic E-state index is 12.5. The normalized spacial score (nSPS) is 18.7. The molecule has 0 aromatic carbocycles. The number of nitrogens with one attached hydrogen (secondary N) is 1. The molecule has 7 heteroatoms. The molecule has 0 bridgehead atoms. The molecular weight excluding hydrogens is 280 g/mol. The molecule has 2 heterocycles. The van der Waals surface area contributed by atoms with Gasteiger partial charge in [0.25, 0.3) is 5.91 Å². The standard InChI is InChI=1S/C13H18N2O4S/c1-3-19-13(17)10-7-14-4-5-15(10)12(16)11-6-9(18-2)8-20-11/h6,8,10,14H,3-5,7H2,1-2H3. The Labute approximate surface area is 121 Å². The van der Waals surface area contributed by atoms with Crippen molar-refractivity contribution in [2.45, 2.75) is 13.0 Å². The third kappa shape index (κ3) is 3.10. The van der Waals surface area contributed by atoms with Gasteiger partial charge in [0.15, 0.2) is 0 Å². The summed E-state index contributed by atoms with van der Waals surface area (Å²) < 4.78 is 10.1. The summed E-state index contributed by atoms with van der Waals surface area (Å²) in [6, 6.07) is 1.13. The van der Waals surface area contributed by atoms with Crippen molar-refractivity contribution in [3.63, 3.8) is 0 Å². The van der Waals surface area contributed by atoms with Crippen LogP contribution < -0.4 is 10.1 Å². The molecule has 110 valence electrons. The lowest BCUT2D eigenvalue weighted by Gasteiger charge is -2.34. The fourth-order valence-electron chi connectivity index (χ4n) is 2.08. The number of esters is 1. The van der Waals surface area contributed by atoms with Gasteiger partial charge in [-0.3, -0.25) is 4.79 Å². The van der Waals surface area contributed by atoms with Crippen LogP contribution in [0.15, 0.2) is 11.4 Å². The van der Waals surface area contributed by atoms with Gasteiger partial charge in [0.2, 0.25) is 0 Å². The highest BCUT2D eigenvalue weighted by Gasteiger charge is 2.34. The van der Waals surface area contributed by atoms with Crippen molar-refractivity contribution in [2.75, 3.05) is 33.4 Å². The van der Waals surface area contributed by atoms with Crippen molar-refractivity contribution in [3.05, 3.63) is 16.3 Å². The summed E-state index contributed by atoms with van der Waals surface area (Å²) in [7, 11) is 1.56. The second kappa shape index (κ2) is 6.71. The predicted molar refractivity (Wildman–Crippen MR) is 75.2 cm³/mol. The number of hydrogen-bond acceptors (Lipinski definition) is 6. The molecule has 1 N–H and O–H groups in total. The van der Waals surface area contributed by atoms with Crippen LogP contribution in [0.3, 0.4) is 0 Å². The maximum Gasteiger partial charge on any atom is 0.330 e. The summed E-state index contributed by atoms with van der Waals surface area (Å²) in [5, 5.41) is 4.88. The van der Waals surface area contributed by atoms with Gasteiger partial charge in [-0.1, -0.05) is 0 Å². The summed E-state index contributed by atoms with van der Waals surface area (Å²) in [5.74, 6) is 0.135. The van der Waals surface area contributed by atoms with Crippen LogP contribution in [-0.2, 0) is 9.53 Å². The summed E-state index contributed by atoms with van der Waals surface area (Å²) in [6.07, 6.45) is 0. The van der Waals surface area contributed by atoms with Crippen LogP contribution in [0.1, 0.15) is 16.6 Å². The molecule has 0 spiro atoms. The number of carbonyl (C=O) groups is 2. The number of rotatable bonds is 4. The van der Waals surface area contributed by atoms with Crippen LogP contribution >= 0.6 is 11.3 Å². The lowest BCUT2D eigenvalue weighted by atomic mass is 10.2. The Morgan fingerprint density at radius 1 is 1.55 bits per heavy atom. The minimum absolute atomic E-state index is 0.155. The molecule has 0 saturated carbocycles. The Morgan fingerprint density at radius 2 is 2.35 bits per heavy atom. The van der Waals surface area contributed by atoms with Crippen LogP contribution in [0.5, 0.6) is 5.75 Å². The van der Waals surface area contributed by atoms with Crippen LogP contribution in [0.4, 0.5) is 0 Å². The van der Waals surface area contributed by atoms with E-state index in [0.29, 0.717) is 36.9 Å². The Morgan fingerprint density at radius 3 is 3.00 bits per heavy atom. The summed E-state index contributed by atoms with van der Waals surface area (Å²) in [5.41, 5.74) is 0. The molecule has 1 unspecified atom stereocenters. The average Bonchev–Trinajstić information content (AvgIpc) is 2.95. The molecule has 1 amide bonds. The minimum atomic E-state index is -0.565. The summed E-state index contributed by atoms with van der Waals surface area (Å²) >= 11 is 1.31. The van der Waals surface area contributed by atoms with Crippen molar-refractivity contribution in [3.8, 4) is 5.75 Å². The molecule has 0 aliphatic carbocycles. The highest BCUT2D eigenvalue weighted by molar-refractivity contribution is 7.12. The zero-order valence-corrected chi connectivity index (χ0v) is 12.4. The molecular formula is C13H18N2O4S. The lowest BCUT2D eigenvalue weighted by Crippen LogP contribution is -2.57. The number of ether oxygens (including phenoxy) is 2. The Bertz CT molecular complexity index is 488. The molecule has 1 fully saturated rings. The Kier molecular flexibility index (Phi) is 4.97. The van der Waals surface area contributed by atoms with Crippen molar-refractivity contribution in [1.29, 1.82) is 0 Å². The van der Waals surface area contributed by atoms with E-state index in [1.807, 2.05) is 0 Å². The molecule has 1 saturated heterocycles. The molecule has 6 nitrogen and oxygen atoms in total. The van der Waals surface area contributed by atoms with E-state index in [1.165, 1.54) is 11.3 Å². The number of carbonyl (C=O) groups excluding carboxylic acids is 2. The number of hydrogen-bond donors (Lipinski definition) is 1. The lowest BCUT2D eigenvalue weighted by molar-refractivity contribution is -0.149. The monoisotopic (exact) mass is 298 g/mol. The van der Waals surface area contributed by atoms with Crippen LogP contribution in [0.2, 0.25) is 0 Å². The summed E-state index contributed by atoms with van der Waals surface area (Å²) in [6.45, 7) is 3.65. The van der Waals surface area contributed by atoms with Crippen molar-refractivity contribution < 1.29 is 19.1 Å². The van der Waals surface area contributed by atoms with Gasteiger partial charge in [0.05, 0.1) is 18.6 Å². The molecule has 1 aliphatic heterocycles. The second-order valence-electron chi connectivity index (χ2n) is 4.32. The largest absolute Gasteiger partial charge is 0.496 e. The zero-order valence-electron chi connectivity index (χ0n) is 11.5. The highest BCUT2D eigenvalue weighted by atomic mass is 32.1. The highest BCUT2D eigenvalue weighted by Crippen LogP contribution is 2.23. The van der Waals surface area contributed by atoms with Gasteiger partial charge in [-0.2, -0.15) is 0 Å². The topological polar surface area (TPSA) is 67.9 Å². The molecule has 0 radical (unpaired) electrons. The van der Waals surface area contributed by atoms with Gasteiger partial charge in [0, 0.05) is 31.1 Å². The minimum Gasteiger partial charge on any atom is -0.496 e. The molecule has 1 atom stereocenters. The van der Waals surface area contributed by atoms with Gasteiger partial charge < -0.3 is 19.7 Å². The number of piperazine rings is 1. The summed E-state index contributed by atoms with van der Waals surface area (Å²) in [4.78, 5) is 26.6. The van der Waals surface area contributed by atoms with E-state index in [1.54, 1.807) is 30.4 Å². The van der Waals surface area contributed by atoms with Crippen LogP contribution in [-0.4, -0.2) is 56.2 Å². The predicted octanol–water partition coefficient (Wildman–Crippen LogP) is 0.734. The quantitative estimate of drug-likeness (QED) is 0.830. The zero-order chi connectivity index (χ0) is 14.5. The van der Waals surface area contributed by atoms with E-state index in [-0.39, 0.29) is 11.9 Å². The molecule has 1 aromatic heterocycles. The molecule has 20 heavy (non-hydrogen) atoms. The SMILES string of the molecule is CCOC(=O)C1CNCCN1C(=O)c1cc(OC)cs1. The van der Waals surface area contributed by atoms with Crippen LogP contribution in [0, 0.1) is 0 Å². The number of methoxy groups -OCH3 is 1. The second-order valence-corrected chi connectivity index (χ2v) is 5.23. The van der Waals surface area contributed by atoms with Crippen LogP contribution in [0.25, 0.3) is 0 Å². The fraction of sp³-hybridized carbons (Fsp3) is 0.538. The van der Waals surface area contributed by atoms with Gasteiger partial charge in [-0.05, 0) is 6.92 Å². The third-order valence-corrected chi connectivity index (χ3v) is 3.98. The first-order valence-corrected chi connectivity index (χ1v) is 7.36. The van der Waals surface area contributed by atoms with E-state index >= 15 is 0 Å². The van der Waals surface area contributed by atoms with Gasteiger partial charge in [0.1, 0.15) is 11.8 Å². The maximum absolute atomic E-state index is 12.5. The van der Waals surface area contributed by atoms with E-state index in [4.69, 9.17) is 9.47 Å². The number of thiophene rings is 1. The Hall–Kier alpha value is -1.60.